The molecule has 2 rings (SSSR count). The van der Waals surface area contributed by atoms with Crippen molar-refractivity contribution in [3.8, 4) is 0 Å². The number of thiophene rings is 1. The molecule has 1 atom stereocenters. The first-order valence-corrected chi connectivity index (χ1v) is 7.41. The lowest BCUT2D eigenvalue weighted by molar-refractivity contribution is 0.735. The Kier molecular flexibility index (Phi) is 4.44. The van der Waals surface area contributed by atoms with Crippen LogP contribution in [0.4, 0.5) is 0 Å². The van der Waals surface area contributed by atoms with Crippen LogP contribution in [0.25, 0.3) is 0 Å². The Morgan fingerprint density at radius 3 is 2.33 bits per heavy atom. The summed E-state index contributed by atoms with van der Waals surface area (Å²) in [5.41, 5.74) is 8.82. The van der Waals surface area contributed by atoms with E-state index < -0.39 is 0 Å². The lowest BCUT2D eigenvalue weighted by Gasteiger charge is -2.12. The molecule has 3 heteroatoms. The van der Waals surface area contributed by atoms with Crippen LogP contribution in [0.3, 0.4) is 0 Å². The number of rotatable bonds is 4. The predicted molar refractivity (Wildman–Crippen MR) is 80.5 cm³/mol. The normalized spacial score (nSPS) is 12.9. The Bertz CT molecular complexity index is 501. The number of nitrogens with two attached hydrogens (primary N) is 1. The molecule has 2 N–H and O–H groups in total. The lowest BCUT2D eigenvalue weighted by atomic mass is 9.99. The van der Waals surface area contributed by atoms with E-state index in [0.29, 0.717) is 5.92 Å². The zero-order valence-electron chi connectivity index (χ0n) is 10.7. The molecule has 0 aliphatic rings. The van der Waals surface area contributed by atoms with E-state index >= 15 is 0 Å². The van der Waals surface area contributed by atoms with Crippen LogP contribution in [-0.4, -0.2) is 0 Å². The first kappa shape index (κ1) is 13.6. The van der Waals surface area contributed by atoms with Gasteiger partial charge in [0.1, 0.15) is 0 Å². The van der Waals surface area contributed by atoms with E-state index in [0.717, 1.165) is 16.3 Å². The Balaban J connectivity index is 2.08. The number of hydrogen-bond donors (Lipinski definition) is 1. The molecule has 1 unspecified atom stereocenters. The van der Waals surface area contributed by atoms with Crippen molar-refractivity contribution in [1.82, 2.24) is 0 Å². The van der Waals surface area contributed by atoms with E-state index in [1.54, 1.807) is 11.3 Å². The van der Waals surface area contributed by atoms with Gasteiger partial charge < -0.3 is 5.73 Å². The zero-order chi connectivity index (χ0) is 13.1. The summed E-state index contributed by atoms with van der Waals surface area (Å²) in [5.74, 6) is 0.569. The highest BCUT2D eigenvalue weighted by Crippen LogP contribution is 2.29. The summed E-state index contributed by atoms with van der Waals surface area (Å²) >= 11 is 7.73. The minimum Gasteiger partial charge on any atom is -0.323 e. The molecule has 0 radical (unpaired) electrons. The minimum absolute atomic E-state index is 0.0117. The number of benzene rings is 1. The molecule has 0 saturated heterocycles. The standard InChI is InChI=1S/C15H18ClNS/c1-10(2)12-5-3-11(4-6-12)9-14(17)15-13(16)7-8-18-15/h3-8,10,14H,9,17H2,1-2H3. The van der Waals surface area contributed by atoms with Crippen LogP contribution in [0.5, 0.6) is 0 Å². The summed E-state index contributed by atoms with van der Waals surface area (Å²) in [7, 11) is 0. The van der Waals surface area contributed by atoms with Crippen LogP contribution in [-0.2, 0) is 6.42 Å². The van der Waals surface area contributed by atoms with Gasteiger partial charge in [0.15, 0.2) is 0 Å². The van der Waals surface area contributed by atoms with Gasteiger partial charge >= 0.3 is 0 Å². The Morgan fingerprint density at radius 1 is 1.17 bits per heavy atom. The first-order valence-electron chi connectivity index (χ1n) is 6.15. The maximum atomic E-state index is 6.20. The third-order valence-corrected chi connectivity index (χ3v) is 4.57. The topological polar surface area (TPSA) is 26.0 Å². The number of halogens is 1. The van der Waals surface area contributed by atoms with Crippen LogP contribution in [0, 0.1) is 0 Å². The van der Waals surface area contributed by atoms with Crippen LogP contribution >= 0.6 is 22.9 Å². The monoisotopic (exact) mass is 279 g/mol. The summed E-state index contributed by atoms with van der Waals surface area (Å²) < 4.78 is 0. The molecule has 96 valence electrons. The van der Waals surface area contributed by atoms with Crippen molar-refractivity contribution in [2.45, 2.75) is 32.2 Å². The molecule has 0 amide bonds. The van der Waals surface area contributed by atoms with Gasteiger partial charge in [0.25, 0.3) is 0 Å². The second-order valence-electron chi connectivity index (χ2n) is 4.84. The maximum absolute atomic E-state index is 6.20. The molecule has 0 saturated carbocycles. The summed E-state index contributed by atoms with van der Waals surface area (Å²) in [6.07, 6.45) is 0.832. The van der Waals surface area contributed by atoms with Crippen molar-refractivity contribution in [2.24, 2.45) is 5.73 Å². The average molecular weight is 280 g/mol. The second kappa shape index (κ2) is 5.87. The molecular formula is C15H18ClNS. The van der Waals surface area contributed by atoms with Gasteiger partial charge in [-0.15, -0.1) is 11.3 Å². The largest absolute Gasteiger partial charge is 0.323 e. The van der Waals surface area contributed by atoms with Gasteiger partial charge in [-0.2, -0.15) is 0 Å². The summed E-state index contributed by atoms with van der Waals surface area (Å²) in [6, 6.07) is 10.6. The fourth-order valence-electron chi connectivity index (χ4n) is 1.96. The van der Waals surface area contributed by atoms with E-state index in [4.69, 9.17) is 17.3 Å². The van der Waals surface area contributed by atoms with Gasteiger partial charge in [-0.25, -0.2) is 0 Å². The first-order chi connectivity index (χ1) is 8.58. The molecule has 1 aromatic carbocycles. The van der Waals surface area contributed by atoms with E-state index in [2.05, 4.69) is 38.1 Å². The van der Waals surface area contributed by atoms with Crippen LogP contribution in [0.2, 0.25) is 5.02 Å². The highest BCUT2D eigenvalue weighted by molar-refractivity contribution is 7.10. The van der Waals surface area contributed by atoms with Gasteiger partial charge in [0.05, 0.1) is 5.02 Å². The SMILES string of the molecule is CC(C)c1ccc(CC(N)c2sccc2Cl)cc1. The van der Waals surface area contributed by atoms with Gasteiger partial charge in [0.2, 0.25) is 0 Å². The zero-order valence-corrected chi connectivity index (χ0v) is 12.3. The van der Waals surface area contributed by atoms with E-state index in [1.807, 2.05) is 11.4 Å². The van der Waals surface area contributed by atoms with Crippen LogP contribution in [0.1, 0.15) is 41.8 Å². The predicted octanol–water partition coefficient (Wildman–Crippen LogP) is 4.77. The molecule has 0 spiro atoms. The molecule has 0 bridgehead atoms. The fraction of sp³-hybridized carbons (Fsp3) is 0.333. The summed E-state index contributed by atoms with van der Waals surface area (Å²) in [5, 5.41) is 2.77. The van der Waals surface area contributed by atoms with Gasteiger partial charge in [0, 0.05) is 10.9 Å². The van der Waals surface area contributed by atoms with Crippen molar-refractivity contribution in [3.05, 3.63) is 56.7 Å². The van der Waals surface area contributed by atoms with Gasteiger partial charge in [-0.05, 0) is 34.9 Å². The second-order valence-corrected chi connectivity index (χ2v) is 6.19. The van der Waals surface area contributed by atoms with E-state index in [1.165, 1.54) is 11.1 Å². The lowest BCUT2D eigenvalue weighted by Crippen LogP contribution is -2.12. The molecule has 1 heterocycles. The molecule has 1 nitrogen and oxygen atoms in total. The molecule has 0 aliphatic carbocycles. The average Bonchev–Trinajstić information content (AvgIpc) is 2.76. The Labute approximate surface area is 118 Å². The van der Waals surface area contributed by atoms with Crippen molar-refractivity contribution in [2.75, 3.05) is 0 Å². The summed E-state index contributed by atoms with van der Waals surface area (Å²) in [4.78, 5) is 1.07. The van der Waals surface area contributed by atoms with Crippen molar-refractivity contribution in [1.29, 1.82) is 0 Å². The van der Waals surface area contributed by atoms with Gasteiger partial charge in [-0.3, -0.25) is 0 Å². The van der Waals surface area contributed by atoms with Crippen molar-refractivity contribution in [3.63, 3.8) is 0 Å². The third-order valence-electron chi connectivity index (χ3n) is 3.08. The Morgan fingerprint density at radius 2 is 1.83 bits per heavy atom. The third kappa shape index (κ3) is 3.14. The molecule has 1 aromatic heterocycles. The smallest absolute Gasteiger partial charge is 0.0561 e. The quantitative estimate of drug-likeness (QED) is 0.857. The fourth-order valence-corrected chi connectivity index (χ4v) is 3.16. The van der Waals surface area contributed by atoms with Gasteiger partial charge in [-0.1, -0.05) is 49.7 Å². The minimum atomic E-state index is -0.0117. The van der Waals surface area contributed by atoms with Crippen LogP contribution < -0.4 is 5.73 Å². The van der Waals surface area contributed by atoms with Crippen molar-refractivity contribution < 1.29 is 0 Å². The molecular weight excluding hydrogens is 262 g/mol. The van der Waals surface area contributed by atoms with E-state index in [9.17, 15) is 0 Å². The molecule has 0 fully saturated rings. The molecule has 2 aromatic rings. The molecule has 18 heavy (non-hydrogen) atoms. The van der Waals surface area contributed by atoms with Crippen molar-refractivity contribution >= 4 is 22.9 Å². The highest BCUT2D eigenvalue weighted by Gasteiger charge is 2.12. The summed E-state index contributed by atoms with van der Waals surface area (Å²) in [6.45, 7) is 4.40. The van der Waals surface area contributed by atoms with E-state index in [-0.39, 0.29) is 6.04 Å². The maximum Gasteiger partial charge on any atom is 0.0561 e. The molecule has 0 aliphatic heterocycles. The Hall–Kier alpha value is -0.830. The van der Waals surface area contributed by atoms with Crippen LogP contribution in [0.15, 0.2) is 35.7 Å². The number of hydrogen-bond acceptors (Lipinski definition) is 2. The highest BCUT2D eigenvalue weighted by atomic mass is 35.5.